The summed E-state index contributed by atoms with van der Waals surface area (Å²) in [5.74, 6) is 0. The van der Waals surface area contributed by atoms with E-state index in [1.807, 2.05) is 0 Å². The fourth-order valence-corrected chi connectivity index (χ4v) is 4.74. The second kappa shape index (κ2) is 26.8. The van der Waals surface area contributed by atoms with Gasteiger partial charge in [0, 0.05) is 14.2 Å². The van der Waals surface area contributed by atoms with Gasteiger partial charge < -0.3 is 26.4 Å². The van der Waals surface area contributed by atoms with E-state index in [2.05, 4.69) is 21.0 Å². The van der Waals surface area contributed by atoms with Gasteiger partial charge in [0.25, 0.3) is 0 Å². The van der Waals surface area contributed by atoms with Gasteiger partial charge in [0.05, 0.1) is 27.2 Å². The highest BCUT2D eigenvalue weighted by atomic mass is 35.5. The maximum Gasteiger partial charge on any atom is 0.156 e. The first-order chi connectivity index (χ1) is 15.6. The molecule has 0 aliphatic rings. The third-order valence-electron chi connectivity index (χ3n) is 7.10. The zero-order valence-corrected chi connectivity index (χ0v) is 24.2. The third-order valence-corrected chi connectivity index (χ3v) is 7.10. The van der Waals surface area contributed by atoms with Crippen LogP contribution in [0.5, 0.6) is 0 Å². The molecule has 0 atom stereocenters. The highest BCUT2D eigenvalue weighted by Gasteiger charge is 2.13. The van der Waals surface area contributed by atoms with Gasteiger partial charge in [-0.2, -0.15) is 0 Å². The summed E-state index contributed by atoms with van der Waals surface area (Å²) in [5, 5.41) is 0. The Balaban J connectivity index is 0. The molecule has 0 aromatic heterocycles. The van der Waals surface area contributed by atoms with Crippen molar-refractivity contribution in [1.82, 2.24) is 0 Å². The predicted molar refractivity (Wildman–Crippen MR) is 142 cm³/mol. The molecule has 202 valence electrons. The Hall–Kier alpha value is 0.170. The first kappa shape index (κ1) is 35.3. The largest absolute Gasteiger partial charge is 1.00 e. The number of nitrogens with zero attached hydrogens (tertiary/aromatic N) is 1. The second-order valence-electron chi connectivity index (χ2n) is 10.8. The minimum Gasteiger partial charge on any atom is -1.00 e. The molecule has 0 aromatic rings. The molecule has 0 saturated carbocycles. The standard InChI is InChI=1S/C29H62NO2.ClH/c1-6-7-8-9-10-11-12-13-14-15-16-17-18-19-21-24-27-30(2,3)28-25-22-20-23-26-29(31-4)32-5;/h29H,6-28H2,1-5H3;1H/q+1;/p-1. The van der Waals surface area contributed by atoms with Crippen molar-refractivity contribution in [3.8, 4) is 0 Å². The highest BCUT2D eigenvalue weighted by Crippen LogP contribution is 2.15. The molecule has 0 aromatic carbocycles. The van der Waals surface area contributed by atoms with E-state index in [-0.39, 0.29) is 18.7 Å². The minimum atomic E-state index is -0.0165. The first-order valence-corrected chi connectivity index (χ1v) is 14.4. The lowest BCUT2D eigenvalue weighted by Gasteiger charge is -2.30. The lowest BCUT2D eigenvalue weighted by molar-refractivity contribution is -0.890. The Morgan fingerprint density at radius 2 is 0.788 bits per heavy atom. The Bertz CT molecular complexity index is 362. The van der Waals surface area contributed by atoms with E-state index < -0.39 is 0 Å². The van der Waals surface area contributed by atoms with E-state index >= 15 is 0 Å². The van der Waals surface area contributed by atoms with Gasteiger partial charge in [0.1, 0.15) is 0 Å². The van der Waals surface area contributed by atoms with E-state index in [4.69, 9.17) is 9.47 Å². The number of unbranched alkanes of at least 4 members (excludes halogenated alkanes) is 18. The van der Waals surface area contributed by atoms with Crippen molar-refractivity contribution < 1.29 is 26.4 Å². The van der Waals surface area contributed by atoms with Crippen molar-refractivity contribution in [3.63, 3.8) is 0 Å². The van der Waals surface area contributed by atoms with E-state index in [0.717, 1.165) is 6.42 Å². The van der Waals surface area contributed by atoms with Crippen molar-refractivity contribution in [2.75, 3.05) is 41.4 Å². The number of rotatable bonds is 26. The zero-order chi connectivity index (χ0) is 23.8. The average molecular weight is 492 g/mol. The van der Waals surface area contributed by atoms with E-state index in [1.165, 1.54) is 146 Å². The summed E-state index contributed by atoms with van der Waals surface area (Å²) < 4.78 is 11.7. The molecule has 3 nitrogen and oxygen atoms in total. The fraction of sp³-hybridized carbons (Fsp3) is 1.00. The molecule has 33 heavy (non-hydrogen) atoms. The van der Waals surface area contributed by atoms with Crippen LogP contribution < -0.4 is 12.4 Å². The van der Waals surface area contributed by atoms with Crippen LogP contribution in [0.1, 0.15) is 142 Å². The van der Waals surface area contributed by atoms with Crippen LogP contribution in [-0.2, 0) is 9.47 Å². The van der Waals surface area contributed by atoms with Gasteiger partial charge in [-0.1, -0.05) is 103 Å². The van der Waals surface area contributed by atoms with Gasteiger partial charge in [-0.15, -0.1) is 0 Å². The second-order valence-corrected chi connectivity index (χ2v) is 10.8. The lowest BCUT2D eigenvalue weighted by Crippen LogP contribution is -3.00. The fourth-order valence-electron chi connectivity index (χ4n) is 4.74. The van der Waals surface area contributed by atoms with Gasteiger partial charge in [0.2, 0.25) is 0 Å². The summed E-state index contributed by atoms with van der Waals surface area (Å²) in [5.41, 5.74) is 0. The van der Waals surface area contributed by atoms with Crippen molar-refractivity contribution in [3.05, 3.63) is 0 Å². The topological polar surface area (TPSA) is 18.5 Å². The monoisotopic (exact) mass is 491 g/mol. The first-order valence-electron chi connectivity index (χ1n) is 14.4. The number of halogens is 1. The van der Waals surface area contributed by atoms with Crippen LogP contribution in [-0.4, -0.2) is 52.2 Å². The van der Waals surface area contributed by atoms with Crippen molar-refractivity contribution >= 4 is 0 Å². The molecule has 0 aliphatic carbocycles. The summed E-state index contributed by atoms with van der Waals surface area (Å²) in [6, 6.07) is 0. The van der Waals surface area contributed by atoms with Crippen molar-refractivity contribution in [2.45, 2.75) is 148 Å². The molecule has 0 unspecified atom stereocenters. The molecule has 0 heterocycles. The van der Waals surface area contributed by atoms with Gasteiger partial charge in [-0.05, 0) is 38.5 Å². The van der Waals surface area contributed by atoms with Crippen LogP contribution in [0.2, 0.25) is 0 Å². The van der Waals surface area contributed by atoms with Crippen LogP contribution in [0.25, 0.3) is 0 Å². The number of hydrogen-bond donors (Lipinski definition) is 0. The van der Waals surface area contributed by atoms with Crippen LogP contribution in [0.4, 0.5) is 0 Å². The van der Waals surface area contributed by atoms with Crippen LogP contribution in [0.3, 0.4) is 0 Å². The molecule has 0 rings (SSSR count). The Kier molecular flexibility index (Phi) is 28.7. The molecule has 0 saturated heterocycles. The molecule has 0 aliphatic heterocycles. The van der Waals surface area contributed by atoms with E-state index in [9.17, 15) is 0 Å². The Morgan fingerprint density at radius 1 is 0.485 bits per heavy atom. The number of ether oxygens (including phenoxy) is 2. The maximum atomic E-state index is 5.26. The zero-order valence-electron chi connectivity index (χ0n) is 23.5. The maximum absolute atomic E-state index is 5.26. The quantitative estimate of drug-likeness (QED) is 0.0851. The molecule has 0 fully saturated rings. The number of quaternary nitrogens is 1. The van der Waals surface area contributed by atoms with Gasteiger partial charge in [-0.25, -0.2) is 0 Å². The average Bonchev–Trinajstić information content (AvgIpc) is 2.78. The Labute approximate surface area is 215 Å². The summed E-state index contributed by atoms with van der Waals surface area (Å²) in [4.78, 5) is 0. The molecular weight excluding hydrogens is 430 g/mol. The minimum absolute atomic E-state index is 0. The predicted octanol–water partition coefficient (Wildman–Crippen LogP) is 5.90. The summed E-state index contributed by atoms with van der Waals surface area (Å²) in [6.45, 7) is 4.96. The molecule has 4 heteroatoms. The SMILES string of the molecule is CCCCCCCCCCCCCCCCCC[N+](C)(C)CCCCCCC(OC)OC.[Cl-]. The molecule has 0 bridgehead atoms. The molecule has 0 N–H and O–H groups in total. The van der Waals surface area contributed by atoms with Crippen LogP contribution in [0, 0.1) is 0 Å². The van der Waals surface area contributed by atoms with Gasteiger partial charge >= 0.3 is 0 Å². The smallest absolute Gasteiger partial charge is 0.156 e. The van der Waals surface area contributed by atoms with Gasteiger partial charge in [0.15, 0.2) is 6.29 Å². The van der Waals surface area contributed by atoms with E-state index in [0.29, 0.717) is 0 Å². The summed E-state index contributed by atoms with van der Waals surface area (Å²) >= 11 is 0. The molecule has 0 amide bonds. The molecular formula is C29H62ClNO2. The summed E-state index contributed by atoms with van der Waals surface area (Å²) in [6.07, 6.45) is 29.4. The summed E-state index contributed by atoms with van der Waals surface area (Å²) in [7, 11) is 8.29. The molecule has 0 spiro atoms. The van der Waals surface area contributed by atoms with Crippen molar-refractivity contribution in [1.29, 1.82) is 0 Å². The van der Waals surface area contributed by atoms with Gasteiger partial charge in [-0.3, -0.25) is 0 Å². The third kappa shape index (κ3) is 26.6. The van der Waals surface area contributed by atoms with Crippen LogP contribution in [0.15, 0.2) is 0 Å². The number of hydrogen-bond acceptors (Lipinski definition) is 2. The Morgan fingerprint density at radius 3 is 1.12 bits per heavy atom. The highest BCUT2D eigenvalue weighted by molar-refractivity contribution is 4.51. The molecule has 0 radical (unpaired) electrons. The normalized spacial score (nSPS) is 11.8. The lowest BCUT2D eigenvalue weighted by atomic mass is 10.0. The van der Waals surface area contributed by atoms with E-state index in [1.54, 1.807) is 14.2 Å². The van der Waals surface area contributed by atoms with Crippen LogP contribution >= 0.6 is 0 Å². The van der Waals surface area contributed by atoms with Crippen molar-refractivity contribution in [2.24, 2.45) is 0 Å². The number of methoxy groups -OCH3 is 2.